The maximum atomic E-state index is 12.9. The Morgan fingerprint density at radius 1 is 1.32 bits per heavy atom. The van der Waals surface area contributed by atoms with Crippen LogP contribution in [-0.2, 0) is 29.0 Å². The lowest BCUT2D eigenvalue weighted by molar-refractivity contribution is -0.146. The van der Waals surface area contributed by atoms with Crippen LogP contribution in [0.2, 0.25) is 0 Å². The molecular formula is C19H23N3O3. The lowest BCUT2D eigenvalue weighted by atomic mass is 9.96. The highest BCUT2D eigenvalue weighted by Gasteiger charge is 2.30. The van der Waals surface area contributed by atoms with Crippen molar-refractivity contribution in [3.8, 4) is 0 Å². The van der Waals surface area contributed by atoms with Crippen molar-refractivity contribution < 1.29 is 14.7 Å². The van der Waals surface area contributed by atoms with Crippen molar-refractivity contribution in [2.24, 2.45) is 5.92 Å². The van der Waals surface area contributed by atoms with Gasteiger partial charge >= 0.3 is 5.97 Å². The summed E-state index contributed by atoms with van der Waals surface area (Å²) in [6.07, 6.45) is 4.06. The summed E-state index contributed by atoms with van der Waals surface area (Å²) < 4.78 is 2.07. The van der Waals surface area contributed by atoms with Crippen LogP contribution in [0.25, 0.3) is 0 Å². The Kier molecular flexibility index (Phi) is 5.16. The molecular weight excluding hydrogens is 318 g/mol. The number of carboxylic acid groups (broad SMARTS) is 1. The number of benzene rings is 1. The molecule has 1 aromatic carbocycles. The first-order valence-corrected chi connectivity index (χ1v) is 8.60. The van der Waals surface area contributed by atoms with Gasteiger partial charge in [0.15, 0.2) is 0 Å². The van der Waals surface area contributed by atoms with Crippen molar-refractivity contribution in [3.63, 3.8) is 0 Å². The van der Waals surface area contributed by atoms with Gasteiger partial charge in [0.1, 0.15) is 12.4 Å². The fourth-order valence-corrected chi connectivity index (χ4v) is 3.40. The summed E-state index contributed by atoms with van der Waals surface area (Å²) in [6, 6.07) is 9.82. The van der Waals surface area contributed by atoms with Crippen LogP contribution in [-0.4, -0.2) is 44.5 Å². The van der Waals surface area contributed by atoms with E-state index in [9.17, 15) is 14.7 Å². The average Bonchev–Trinajstić information content (AvgIpc) is 2.99. The van der Waals surface area contributed by atoms with Gasteiger partial charge in [-0.25, -0.2) is 4.98 Å². The normalized spacial score (nSPS) is 16.3. The predicted octanol–water partition coefficient (Wildman–Crippen LogP) is 1.91. The van der Waals surface area contributed by atoms with Gasteiger partial charge in [0.05, 0.1) is 5.92 Å². The van der Waals surface area contributed by atoms with Crippen molar-refractivity contribution in [2.75, 3.05) is 13.1 Å². The van der Waals surface area contributed by atoms with Crippen LogP contribution < -0.4 is 0 Å². The number of imidazole rings is 1. The summed E-state index contributed by atoms with van der Waals surface area (Å²) in [7, 11) is 0. The molecule has 0 radical (unpaired) electrons. The zero-order valence-corrected chi connectivity index (χ0v) is 14.4. The first-order valence-electron chi connectivity index (χ1n) is 8.60. The molecule has 0 fully saturated rings. The Balaban J connectivity index is 1.69. The zero-order chi connectivity index (χ0) is 17.8. The minimum Gasteiger partial charge on any atom is -0.480 e. The fourth-order valence-electron chi connectivity index (χ4n) is 3.40. The number of carbonyl (C=O) groups is 2. The van der Waals surface area contributed by atoms with Gasteiger partial charge in [-0.05, 0) is 31.7 Å². The minimum absolute atomic E-state index is 0.0721. The highest BCUT2D eigenvalue weighted by Crippen LogP contribution is 2.23. The third-order valence-corrected chi connectivity index (χ3v) is 4.79. The van der Waals surface area contributed by atoms with E-state index in [1.54, 1.807) is 0 Å². The molecule has 0 bridgehead atoms. The molecule has 6 nitrogen and oxygen atoms in total. The molecule has 6 heteroatoms. The van der Waals surface area contributed by atoms with Crippen molar-refractivity contribution in [3.05, 3.63) is 53.6 Å². The molecule has 2 heterocycles. The molecule has 2 aromatic rings. The van der Waals surface area contributed by atoms with Crippen LogP contribution in [0.5, 0.6) is 0 Å². The Hall–Kier alpha value is -2.63. The number of hydrogen-bond donors (Lipinski definition) is 1. The van der Waals surface area contributed by atoms with Gasteiger partial charge in [-0.3, -0.25) is 9.59 Å². The zero-order valence-electron chi connectivity index (χ0n) is 14.4. The largest absolute Gasteiger partial charge is 0.480 e. The molecule has 1 N–H and O–H groups in total. The molecule has 1 aliphatic rings. The smallest absolute Gasteiger partial charge is 0.323 e. The molecule has 1 unspecified atom stereocenters. The predicted molar refractivity (Wildman–Crippen MR) is 93.1 cm³/mol. The summed E-state index contributed by atoms with van der Waals surface area (Å²) in [6.45, 7) is 2.68. The van der Waals surface area contributed by atoms with E-state index < -0.39 is 5.97 Å². The van der Waals surface area contributed by atoms with E-state index in [1.807, 2.05) is 43.5 Å². The highest BCUT2D eigenvalue weighted by atomic mass is 16.4. The molecule has 1 aliphatic heterocycles. The number of nitrogens with zero attached hydrogens (tertiary/aromatic N) is 3. The van der Waals surface area contributed by atoms with E-state index in [0.29, 0.717) is 19.5 Å². The van der Waals surface area contributed by atoms with Gasteiger partial charge in [0, 0.05) is 25.0 Å². The van der Waals surface area contributed by atoms with E-state index in [2.05, 4.69) is 9.55 Å². The van der Waals surface area contributed by atoms with E-state index in [-0.39, 0.29) is 18.4 Å². The van der Waals surface area contributed by atoms with E-state index in [4.69, 9.17) is 0 Å². The monoisotopic (exact) mass is 341 g/mol. The summed E-state index contributed by atoms with van der Waals surface area (Å²) in [4.78, 5) is 29.9. The molecule has 0 saturated heterocycles. The first kappa shape index (κ1) is 17.2. The Morgan fingerprint density at radius 3 is 2.80 bits per heavy atom. The van der Waals surface area contributed by atoms with Crippen LogP contribution in [0, 0.1) is 12.8 Å². The maximum absolute atomic E-state index is 12.9. The van der Waals surface area contributed by atoms with Crippen LogP contribution in [0.3, 0.4) is 0 Å². The van der Waals surface area contributed by atoms with Gasteiger partial charge in [-0.2, -0.15) is 0 Å². The molecule has 3 rings (SSSR count). The highest BCUT2D eigenvalue weighted by molar-refractivity contribution is 5.83. The van der Waals surface area contributed by atoms with E-state index in [1.165, 1.54) is 4.90 Å². The standard InChI is InChI=1S/C19H23N3O3/c1-14-20-11-17-8-7-16(12-22(14)17)19(25)21(13-18(23)24)10-9-15-5-3-2-4-6-15/h2-6,11,16H,7-10,12-13H2,1H3,(H,23,24). The average molecular weight is 341 g/mol. The number of aliphatic carboxylic acids is 1. The minimum atomic E-state index is -0.975. The third-order valence-electron chi connectivity index (χ3n) is 4.79. The van der Waals surface area contributed by atoms with Gasteiger partial charge in [-0.15, -0.1) is 0 Å². The number of amides is 1. The molecule has 0 saturated carbocycles. The van der Waals surface area contributed by atoms with Gasteiger partial charge < -0.3 is 14.6 Å². The van der Waals surface area contributed by atoms with Crippen LogP contribution >= 0.6 is 0 Å². The number of carboxylic acids is 1. The number of aromatic nitrogens is 2. The van der Waals surface area contributed by atoms with Gasteiger partial charge in [0.25, 0.3) is 0 Å². The fraction of sp³-hybridized carbons (Fsp3) is 0.421. The second kappa shape index (κ2) is 7.51. The molecule has 1 atom stereocenters. The third kappa shape index (κ3) is 4.07. The molecule has 0 aliphatic carbocycles. The topological polar surface area (TPSA) is 75.4 Å². The second-order valence-corrected chi connectivity index (χ2v) is 6.53. The number of aryl methyl sites for hydroxylation is 2. The van der Waals surface area contributed by atoms with Crippen molar-refractivity contribution >= 4 is 11.9 Å². The molecule has 25 heavy (non-hydrogen) atoms. The van der Waals surface area contributed by atoms with Gasteiger partial charge in [-0.1, -0.05) is 30.3 Å². The van der Waals surface area contributed by atoms with E-state index in [0.717, 1.165) is 29.9 Å². The van der Waals surface area contributed by atoms with Gasteiger partial charge in [0.2, 0.25) is 5.91 Å². The number of carbonyl (C=O) groups excluding carboxylic acids is 1. The Morgan fingerprint density at radius 2 is 2.08 bits per heavy atom. The molecule has 132 valence electrons. The van der Waals surface area contributed by atoms with Crippen molar-refractivity contribution in [1.29, 1.82) is 0 Å². The lowest BCUT2D eigenvalue weighted by Crippen LogP contribution is -2.43. The maximum Gasteiger partial charge on any atom is 0.323 e. The Bertz CT molecular complexity index is 755. The van der Waals surface area contributed by atoms with Crippen LogP contribution in [0.15, 0.2) is 36.5 Å². The SMILES string of the molecule is Cc1ncc2n1CC(C(=O)N(CCc1ccccc1)CC(=O)O)CC2. The first-order chi connectivity index (χ1) is 12.0. The number of fused-ring (bicyclic) bond motifs is 1. The van der Waals surface area contributed by atoms with Crippen molar-refractivity contribution in [1.82, 2.24) is 14.5 Å². The number of rotatable bonds is 6. The second-order valence-electron chi connectivity index (χ2n) is 6.53. The summed E-state index contributed by atoms with van der Waals surface area (Å²) in [5.74, 6) is -0.328. The Labute approximate surface area is 147 Å². The van der Waals surface area contributed by atoms with Crippen molar-refractivity contribution in [2.45, 2.75) is 32.7 Å². The van der Waals surface area contributed by atoms with E-state index >= 15 is 0 Å². The summed E-state index contributed by atoms with van der Waals surface area (Å²) in [5.41, 5.74) is 2.25. The lowest BCUT2D eigenvalue weighted by Gasteiger charge is -2.29. The van der Waals surface area contributed by atoms with Crippen LogP contribution in [0.1, 0.15) is 23.5 Å². The van der Waals surface area contributed by atoms with Crippen LogP contribution in [0.4, 0.5) is 0 Å². The molecule has 1 aromatic heterocycles. The quantitative estimate of drug-likeness (QED) is 0.871. The summed E-state index contributed by atoms with van der Waals surface area (Å²) >= 11 is 0. The molecule has 0 spiro atoms. The molecule has 1 amide bonds. The number of hydrogen-bond acceptors (Lipinski definition) is 3. The summed E-state index contributed by atoms with van der Waals surface area (Å²) in [5, 5.41) is 9.19.